The number of carbonyl (C=O) groups is 2. The molecule has 2 aromatic carbocycles. The van der Waals surface area contributed by atoms with Crippen molar-refractivity contribution in [3.8, 4) is 0 Å². The largest absolute Gasteiger partial charge is 0.478 e. The fourth-order valence-corrected chi connectivity index (χ4v) is 3.96. The second kappa shape index (κ2) is 6.90. The van der Waals surface area contributed by atoms with E-state index in [9.17, 15) is 9.59 Å². The van der Waals surface area contributed by atoms with E-state index in [4.69, 9.17) is 17.3 Å². The van der Waals surface area contributed by atoms with Crippen LogP contribution in [0.4, 0.5) is 5.69 Å². The van der Waals surface area contributed by atoms with Crippen LogP contribution in [-0.2, 0) is 4.79 Å². The highest BCUT2D eigenvalue weighted by molar-refractivity contribution is 8.27. The highest BCUT2D eigenvalue weighted by Crippen LogP contribution is 2.36. The standard InChI is InChI=1S/C19H11N3O3S2/c23-17-16(10-11-1-6-14-15(9-11)21-8-7-20-14)27-19(26)22(17)13-4-2-12(3-5-13)18(24)25/h1-10H,(H,24,25)/b16-10-. The molecule has 2 heterocycles. The van der Waals surface area contributed by atoms with Crippen molar-refractivity contribution in [2.24, 2.45) is 0 Å². The molecule has 1 aromatic heterocycles. The number of amides is 1. The molecule has 132 valence electrons. The quantitative estimate of drug-likeness (QED) is 0.536. The third-order valence-corrected chi connectivity index (χ3v) is 5.26. The molecular weight excluding hydrogens is 382 g/mol. The fraction of sp³-hybridized carbons (Fsp3) is 0. The van der Waals surface area contributed by atoms with E-state index in [0.717, 1.165) is 16.6 Å². The fourth-order valence-electron chi connectivity index (χ4n) is 2.66. The molecule has 8 heteroatoms. The van der Waals surface area contributed by atoms with Gasteiger partial charge in [0.25, 0.3) is 5.91 Å². The van der Waals surface area contributed by atoms with Crippen LogP contribution in [0, 0.1) is 0 Å². The first-order valence-corrected chi connectivity index (χ1v) is 9.07. The van der Waals surface area contributed by atoms with E-state index < -0.39 is 5.97 Å². The number of nitrogens with zero attached hydrogens (tertiary/aromatic N) is 3. The van der Waals surface area contributed by atoms with E-state index in [1.54, 1.807) is 30.6 Å². The summed E-state index contributed by atoms with van der Waals surface area (Å²) in [6.45, 7) is 0. The first kappa shape index (κ1) is 17.3. The number of carboxylic acid groups (broad SMARTS) is 1. The molecule has 1 aliphatic heterocycles. The Labute approximate surface area is 163 Å². The number of thioether (sulfide) groups is 1. The summed E-state index contributed by atoms with van der Waals surface area (Å²) >= 11 is 6.55. The molecule has 1 saturated heterocycles. The highest BCUT2D eigenvalue weighted by Gasteiger charge is 2.33. The summed E-state index contributed by atoms with van der Waals surface area (Å²) in [5.41, 5.74) is 3.03. The maximum atomic E-state index is 12.8. The smallest absolute Gasteiger partial charge is 0.335 e. The Morgan fingerprint density at radius 2 is 1.78 bits per heavy atom. The van der Waals surface area contributed by atoms with Gasteiger partial charge in [0.05, 0.1) is 27.2 Å². The molecule has 1 fully saturated rings. The van der Waals surface area contributed by atoms with Crippen LogP contribution < -0.4 is 4.90 Å². The van der Waals surface area contributed by atoms with E-state index in [0.29, 0.717) is 14.9 Å². The third kappa shape index (κ3) is 3.32. The third-order valence-electron chi connectivity index (χ3n) is 3.96. The molecule has 0 spiro atoms. The van der Waals surface area contributed by atoms with Crippen LogP contribution in [0.3, 0.4) is 0 Å². The second-order valence-electron chi connectivity index (χ2n) is 5.67. The zero-order valence-electron chi connectivity index (χ0n) is 13.7. The maximum Gasteiger partial charge on any atom is 0.335 e. The van der Waals surface area contributed by atoms with Gasteiger partial charge in [-0.05, 0) is 48.0 Å². The lowest BCUT2D eigenvalue weighted by Gasteiger charge is -2.14. The molecule has 1 N–H and O–H groups in total. The molecule has 0 bridgehead atoms. The predicted octanol–water partition coefficient (Wildman–Crippen LogP) is 3.73. The van der Waals surface area contributed by atoms with Crippen molar-refractivity contribution in [1.29, 1.82) is 0 Å². The normalized spacial score (nSPS) is 15.7. The van der Waals surface area contributed by atoms with Crippen LogP contribution in [0.2, 0.25) is 0 Å². The first-order valence-electron chi connectivity index (χ1n) is 7.85. The van der Waals surface area contributed by atoms with Crippen molar-refractivity contribution < 1.29 is 14.7 Å². The number of hydrogen-bond donors (Lipinski definition) is 1. The molecule has 0 saturated carbocycles. The Balaban J connectivity index is 1.65. The van der Waals surface area contributed by atoms with Crippen LogP contribution in [0.15, 0.2) is 59.8 Å². The second-order valence-corrected chi connectivity index (χ2v) is 7.35. The number of thiocarbonyl (C=S) groups is 1. The van der Waals surface area contributed by atoms with Crippen LogP contribution >= 0.6 is 24.0 Å². The van der Waals surface area contributed by atoms with E-state index in [2.05, 4.69) is 9.97 Å². The Bertz CT molecular complexity index is 1130. The minimum absolute atomic E-state index is 0.150. The van der Waals surface area contributed by atoms with E-state index in [1.807, 2.05) is 18.2 Å². The number of hydrogen-bond acceptors (Lipinski definition) is 6. The van der Waals surface area contributed by atoms with Gasteiger partial charge in [0.2, 0.25) is 0 Å². The topological polar surface area (TPSA) is 83.4 Å². The van der Waals surface area contributed by atoms with Gasteiger partial charge < -0.3 is 5.11 Å². The summed E-state index contributed by atoms with van der Waals surface area (Å²) < 4.78 is 0.398. The van der Waals surface area contributed by atoms with E-state index in [-0.39, 0.29) is 11.5 Å². The molecule has 4 rings (SSSR count). The molecular formula is C19H11N3O3S2. The Kier molecular flexibility index (Phi) is 4.43. The van der Waals surface area contributed by atoms with Crippen LogP contribution in [0.5, 0.6) is 0 Å². The monoisotopic (exact) mass is 393 g/mol. The number of benzene rings is 2. The Morgan fingerprint density at radius 3 is 2.48 bits per heavy atom. The van der Waals surface area contributed by atoms with E-state index in [1.165, 1.54) is 28.8 Å². The van der Waals surface area contributed by atoms with Gasteiger partial charge in [-0.1, -0.05) is 30.0 Å². The number of aromatic nitrogens is 2. The van der Waals surface area contributed by atoms with Gasteiger partial charge in [-0.3, -0.25) is 19.7 Å². The molecule has 27 heavy (non-hydrogen) atoms. The van der Waals surface area contributed by atoms with Gasteiger partial charge >= 0.3 is 5.97 Å². The van der Waals surface area contributed by atoms with Crippen LogP contribution in [-0.4, -0.2) is 31.3 Å². The van der Waals surface area contributed by atoms with Crippen molar-refractivity contribution in [2.45, 2.75) is 0 Å². The zero-order valence-corrected chi connectivity index (χ0v) is 15.3. The lowest BCUT2D eigenvalue weighted by Crippen LogP contribution is -2.27. The van der Waals surface area contributed by atoms with Crippen molar-refractivity contribution in [1.82, 2.24) is 9.97 Å². The summed E-state index contributed by atoms with van der Waals surface area (Å²) in [6, 6.07) is 11.6. The number of fused-ring (bicyclic) bond motifs is 1. The summed E-state index contributed by atoms with van der Waals surface area (Å²) in [5.74, 6) is -1.27. The maximum absolute atomic E-state index is 12.8. The summed E-state index contributed by atoms with van der Waals surface area (Å²) in [5, 5.41) is 9.00. The van der Waals surface area contributed by atoms with Crippen molar-refractivity contribution in [2.75, 3.05) is 4.90 Å². The van der Waals surface area contributed by atoms with Crippen LogP contribution in [0.1, 0.15) is 15.9 Å². The average Bonchev–Trinajstić information content (AvgIpc) is 2.95. The number of aromatic carboxylic acids is 1. The van der Waals surface area contributed by atoms with Gasteiger partial charge in [0, 0.05) is 12.4 Å². The number of anilines is 1. The van der Waals surface area contributed by atoms with Gasteiger partial charge in [-0.25, -0.2) is 4.79 Å². The number of carboxylic acids is 1. The molecule has 3 aromatic rings. The lowest BCUT2D eigenvalue weighted by molar-refractivity contribution is -0.113. The first-order chi connectivity index (χ1) is 13.0. The zero-order chi connectivity index (χ0) is 19.0. The van der Waals surface area contributed by atoms with Gasteiger partial charge in [-0.2, -0.15) is 0 Å². The molecule has 0 atom stereocenters. The SMILES string of the molecule is O=C(O)c1ccc(N2C(=O)/C(=C/c3ccc4nccnc4c3)SC2=S)cc1. The summed E-state index contributed by atoms with van der Waals surface area (Å²) in [4.78, 5) is 34.2. The van der Waals surface area contributed by atoms with E-state index >= 15 is 0 Å². The van der Waals surface area contributed by atoms with Gasteiger partial charge in [0.1, 0.15) is 0 Å². The molecule has 0 aliphatic carbocycles. The number of rotatable bonds is 3. The Morgan fingerprint density at radius 1 is 1.07 bits per heavy atom. The minimum atomic E-state index is -1.02. The predicted molar refractivity (Wildman–Crippen MR) is 109 cm³/mol. The summed E-state index contributed by atoms with van der Waals surface area (Å²) in [6.07, 6.45) is 5.01. The Hall–Kier alpha value is -3.10. The highest BCUT2D eigenvalue weighted by atomic mass is 32.2. The van der Waals surface area contributed by atoms with Gasteiger partial charge in [-0.15, -0.1) is 0 Å². The van der Waals surface area contributed by atoms with Crippen LogP contribution in [0.25, 0.3) is 17.1 Å². The van der Waals surface area contributed by atoms with Crippen molar-refractivity contribution >= 4 is 63.0 Å². The number of carbonyl (C=O) groups excluding carboxylic acids is 1. The molecule has 1 amide bonds. The lowest BCUT2D eigenvalue weighted by atomic mass is 10.1. The minimum Gasteiger partial charge on any atom is -0.478 e. The molecule has 0 radical (unpaired) electrons. The molecule has 1 aliphatic rings. The van der Waals surface area contributed by atoms with Gasteiger partial charge in [0.15, 0.2) is 4.32 Å². The molecule has 6 nitrogen and oxygen atoms in total. The summed E-state index contributed by atoms with van der Waals surface area (Å²) in [7, 11) is 0. The van der Waals surface area contributed by atoms with Crippen molar-refractivity contribution in [3.05, 3.63) is 70.9 Å². The molecule has 0 unspecified atom stereocenters. The van der Waals surface area contributed by atoms with Crippen molar-refractivity contribution in [3.63, 3.8) is 0 Å². The average molecular weight is 393 g/mol.